The highest BCUT2D eigenvalue weighted by molar-refractivity contribution is 5.95. The van der Waals surface area contributed by atoms with Crippen LogP contribution in [0.4, 0.5) is 11.5 Å². The molecule has 0 spiro atoms. The minimum Gasteiger partial charge on any atom is -0.508 e. The summed E-state index contributed by atoms with van der Waals surface area (Å²) >= 11 is 0. The lowest BCUT2D eigenvalue weighted by Crippen LogP contribution is -2.55. The molecule has 10 heteroatoms. The Kier molecular flexibility index (Phi) is 7.85. The van der Waals surface area contributed by atoms with Gasteiger partial charge in [-0.25, -0.2) is 0 Å². The number of anilines is 2. The van der Waals surface area contributed by atoms with E-state index in [9.17, 15) is 15.2 Å². The molecule has 1 aromatic heterocycles. The number of hydrogen-bond donors (Lipinski definition) is 1. The summed E-state index contributed by atoms with van der Waals surface area (Å²) in [5.41, 5.74) is 2.94. The van der Waals surface area contributed by atoms with Crippen molar-refractivity contribution in [3.63, 3.8) is 0 Å². The fourth-order valence-corrected chi connectivity index (χ4v) is 6.55. The number of hydrogen-bond acceptors (Lipinski definition) is 9. The molecule has 4 heterocycles. The highest BCUT2D eigenvalue weighted by Gasteiger charge is 2.33. The predicted molar refractivity (Wildman–Crippen MR) is 162 cm³/mol. The van der Waals surface area contributed by atoms with Gasteiger partial charge in [0.25, 0.3) is 0 Å². The van der Waals surface area contributed by atoms with E-state index >= 15 is 0 Å². The molecule has 6 rings (SSSR count). The number of phenolic OH excluding ortho intramolecular Hbond substituents is 1. The van der Waals surface area contributed by atoms with Crippen molar-refractivity contribution in [2.45, 2.75) is 31.8 Å². The standard InChI is InChI=1S/C32H37N7O3/c1-3-30(41)39-15-14-38(19-24(39)8-11-33)31-27-10-13-37(29-17-25(40)16-23-6-4-5-7-26(23)29)20-28(27)34-32(35-31)42-21-22-9-12-36(2)18-22/h3-7,16-17,22,24,40H,1,8-10,12-15,18-21H2,2H3/t22?,24-/m0/s1. The maximum absolute atomic E-state index is 12.5. The number of amides is 1. The zero-order valence-corrected chi connectivity index (χ0v) is 24.1. The quantitative estimate of drug-likeness (QED) is 0.430. The third-order valence-corrected chi connectivity index (χ3v) is 8.69. The van der Waals surface area contributed by atoms with E-state index in [0.29, 0.717) is 44.7 Å². The number of rotatable bonds is 7. The number of nitrogens with zero attached hydrogens (tertiary/aromatic N) is 7. The number of carbonyl (C=O) groups excluding carboxylic acids is 1. The second-order valence-electron chi connectivity index (χ2n) is 11.5. The molecule has 42 heavy (non-hydrogen) atoms. The Bertz CT molecular complexity index is 1540. The summed E-state index contributed by atoms with van der Waals surface area (Å²) in [6, 6.07) is 14.1. The SMILES string of the molecule is C=CC(=O)N1CCN(c2nc(OCC3CCN(C)C3)nc3c2CCN(c2cc(O)cc4ccccc24)C3)C[C@@H]1CC#N. The van der Waals surface area contributed by atoms with Crippen LogP contribution >= 0.6 is 0 Å². The average Bonchev–Trinajstić information content (AvgIpc) is 3.43. The molecule has 10 nitrogen and oxygen atoms in total. The van der Waals surface area contributed by atoms with E-state index in [2.05, 4.69) is 40.5 Å². The van der Waals surface area contributed by atoms with Gasteiger partial charge in [-0.1, -0.05) is 30.8 Å². The van der Waals surface area contributed by atoms with Crippen LogP contribution in [0.2, 0.25) is 0 Å². The summed E-state index contributed by atoms with van der Waals surface area (Å²) in [6.07, 6.45) is 3.36. The zero-order valence-electron chi connectivity index (χ0n) is 24.1. The third-order valence-electron chi connectivity index (χ3n) is 8.69. The molecule has 3 aromatic rings. The molecule has 1 unspecified atom stereocenters. The third kappa shape index (κ3) is 5.57. The molecule has 3 aliphatic heterocycles. The van der Waals surface area contributed by atoms with Crippen LogP contribution < -0.4 is 14.5 Å². The smallest absolute Gasteiger partial charge is 0.318 e. The van der Waals surface area contributed by atoms with Crippen molar-refractivity contribution in [3.8, 4) is 17.8 Å². The summed E-state index contributed by atoms with van der Waals surface area (Å²) in [6.45, 7) is 9.13. The van der Waals surface area contributed by atoms with Crippen molar-refractivity contribution in [2.24, 2.45) is 5.92 Å². The highest BCUT2D eigenvalue weighted by Crippen LogP contribution is 2.37. The number of ether oxygens (including phenoxy) is 1. The van der Waals surface area contributed by atoms with Gasteiger partial charge in [0.1, 0.15) is 11.6 Å². The fourth-order valence-electron chi connectivity index (χ4n) is 6.55. The van der Waals surface area contributed by atoms with E-state index in [1.165, 1.54) is 6.08 Å². The Balaban J connectivity index is 1.33. The van der Waals surface area contributed by atoms with Gasteiger partial charge >= 0.3 is 6.01 Å². The van der Waals surface area contributed by atoms with E-state index < -0.39 is 0 Å². The summed E-state index contributed by atoms with van der Waals surface area (Å²) in [5.74, 6) is 1.34. The van der Waals surface area contributed by atoms with Gasteiger partial charge in [0.15, 0.2) is 0 Å². The number of aromatic nitrogens is 2. The molecule has 0 saturated carbocycles. The van der Waals surface area contributed by atoms with Crippen LogP contribution in [-0.4, -0.2) is 89.7 Å². The molecule has 218 valence electrons. The van der Waals surface area contributed by atoms with Crippen molar-refractivity contribution in [2.75, 3.05) is 62.7 Å². The Morgan fingerprint density at radius 3 is 2.81 bits per heavy atom. The number of nitriles is 1. The summed E-state index contributed by atoms with van der Waals surface area (Å²) in [7, 11) is 2.13. The summed E-state index contributed by atoms with van der Waals surface area (Å²) in [4.78, 5) is 30.9. The molecule has 0 radical (unpaired) electrons. The van der Waals surface area contributed by atoms with Gasteiger partial charge < -0.3 is 29.4 Å². The van der Waals surface area contributed by atoms with Crippen molar-refractivity contribution >= 4 is 28.2 Å². The number of fused-ring (bicyclic) bond motifs is 2. The number of aromatic hydroxyl groups is 1. The highest BCUT2D eigenvalue weighted by atomic mass is 16.5. The van der Waals surface area contributed by atoms with Crippen LogP contribution in [-0.2, 0) is 17.8 Å². The van der Waals surface area contributed by atoms with Crippen LogP contribution in [0.1, 0.15) is 24.1 Å². The van der Waals surface area contributed by atoms with Crippen molar-refractivity contribution in [1.29, 1.82) is 5.26 Å². The topological polar surface area (TPSA) is 109 Å². The molecule has 0 bridgehead atoms. The van der Waals surface area contributed by atoms with E-state index in [-0.39, 0.29) is 24.1 Å². The largest absolute Gasteiger partial charge is 0.508 e. The Labute approximate surface area is 246 Å². The summed E-state index contributed by atoms with van der Waals surface area (Å²) < 4.78 is 6.25. The maximum atomic E-state index is 12.5. The van der Waals surface area contributed by atoms with Gasteiger partial charge in [0, 0.05) is 61.3 Å². The second kappa shape index (κ2) is 11.9. The minimum absolute atomic E-state index is 0.154. The molecular formula is C32H37N7O3. The molecule has 1 N–H and O–H groups in total. The van der Waals surface area contributed by atoms with E-state index in [1.54, 1.807) is 11.0 Å². The van der Waals surface area contributed by atoms with Gasteiger partial charge in [-0.15, -0.1) is 0 Å². The van der Waals surface area contributed by atoms with Crippen molar-refractivity contribution in [1.82, 2.24) is 19.8 Å². The maximum Gasteiger partial charge on any atom is 0.318 e. The van der Waals surface area contributed by atoms with Crippen LogP contribution in [0.3, 0.4) is 0 Å². The number of carbonyl (C=O) groups is 1. The predicted octanol–water partition coefficient (Wildman–Crippen LogP) is 3.35. The number of piperazine rings is 1. The first-order chi connectivity index (χ1) is 20.4. The molecule has 2 atom stereocenters. The van der Waals surface area contributed by atoms with Crippen molar-refractivity contribution < 1.29 is 14.6 Å². The second-order valence-corrected chi connectivity index (χ2v) is 11.5. The first kappa shape index (κ1) is 27.8. The average molecular weight is 568 g/mol. The number of benzene rings is 2. The van der Waals surface area contributed by atoms with Crippen LogP contribution in [0.25, 0.3) is 10.8 Å². The molecule has 2 saturated heterocycles. The number of phenols is 1. The molecular weight excluding hydrogens is 530 g/mol. The molecule has 2 fully saturated rings. The monoisotopic (exact) mass is 567 g/mol. The lowest BCUT2D eigenvalue weighted by Gasteiger charge is -2.42. The molecule has 1 amide bonds. The van der Waals surface area contributed by atoms with Gasteiger partial charge in [-0.3, -0.25) is 4.79 Å². The normalized spacial score (nSPS) is 20.8. The molecule has 3 aliphatic rings. The van der Waals surface area contributed by atoms with Crippen LogP contribution in [0.5, 0.6) is 11.8 Å². The minimum atomic E-state index is -0.253. The Morgan fingerprint density at radius 2 is 2.02 bits per heavy atom. The Hall–Kier alpha value is -4.36. The van der Waals surface area contributed by atoms with Crippen molar-refractivity contribution in [3.05, 3.63) is 60.3 Å². The van der Waals surface area contributed by atoms with Gasteiger partial charge in [0.05, 0.1) is 37.4 Å². The Morgan fingerprint density at radius 1 is 1.17 bits per heavy atom. The van der Waals surface area contributed by atoms with Crippen LogP contribution in [0, 0.1) is 17.2 Å². The van der Waals surface area contributed by atoms with Gasteiger partial charge in [-0.05, 0) is 44.0 Å². The first-order valence-electron chi connectivity index (χ1n) is 14.7. The summed E-state index contributed by atoms with van der Waals surface area (Å²) in [5, 5.41) is 22.1. The first-order valence-corrected chi connectivity index (χ1v) is 14.7. The fraction of sp³-hybridized carbons (Fsp3) is 0.438. The molecule has 0 aliphatic carbocycles. The number of likely N-dealkylation sites (tertiary alicyclic amines) is 1. The van der Waals surface area contributed by atoms with Crippen LogP contribution in [0.15, 0.2) is 49.1 Å². The lowest BCUT2D eigenvalue weighted by atomic mass is 10.0. The van der Waals surface area contributed by atoms with Gasteiger partial charge in [0.2, 0.25) is 5.91 Å². The molecule has 2 aromatic carbocycles. The van der Waals surface area contributed by atoms with E-state index in [1.807, 2.05) is 24.3 Å². The zero-order chi connectivity index (χ0) is 29.2. The van der Waals surface area contributed by atoms with E-state index in [4.69, 9.17) is 14.7 Å². The van der Waals surface area contributed by atoms with Gasteiger partial charge in [-0.2, -0.15) is 15.2 Å². The lowest BCUT2D eigenvalue weighted by molar-refractivity contribution is -0.128. The van der Waals surface area contributed by atoms with E-state index in [0.717, 1.165) is 66.0 Å².